The highest BCUT2D eigenvalue weighted by atomic mass is 35.5. The molecule has 0 N–H and O–H groups in total. The van der Waals surface area contributed by atoms with Crippen LogP contribution in [0.15, 0.2) is 40.0 Å². The SMILES string of the molecule is CN(C)C=N[C@@H]1C(=O)N2C(C(=O)OCc3ccc([N+](=O)[O-])cc3)=C(Cl)CS[C@H]12.Cl. The quantitative estimate of drug-likeness (QED) is 0.160. The maximum atomic E-state index is 12.5. The number of rotatable bonds is 6. The topological polar surface area (TPSA) is 105 Å². The van der Waals surface area contributed by atoms with Gasteiger partial charge in [-0.1, -0.05) is 11.6 Å². The number of nitrogens with zero attached hydrogens (tertiary/aromatic N) is 4. The predicted octanol–water partition coefficient (Wildman–Crippen LogP) is 2.38. The minimum atomic E-state index is -0.711. The van der Waals surface area contributed by atoms with Crippen LogP contribution in [0, 0.1) is 10.1 Å². The molecule has 2 aliphatic rings. The molecule has 1 amide bonds. The molecule has 2 heterocycles. The Hall–Kier alpha value is -2.30. The first-order chi connectivity index (χ1) is 13.3. The van der Waals surface area contributed by atoms with Crippen molar-refractivity contribution >= 4 is 59.7 Å². The average Bonchev–Trinajstić information content (AvgIpc) is 2.66. The first kappa shape index (κ1) is 23.0. The van der Waals surface area contributed by atoms with Gasteiger partial charge < -0.3 is 9.64 Å². The lowest BCUT2D eigenvalue weighted by atomic mass is 10.1. The molecule has 29 heavy (non-hydrogen) atoms. The summed E-state index contributed by atoms with van der Waals surface area (Å²) >= 11 is 7.63. The number of nitro benzene ring substituents is 1. The van der Waals surface area contributed by atoms with E-state index in [0.29, 0.717) is 11.3 Å². The number of benzene rings is 1. The minimum Gasteiger partial charge on any atom is -0.456 e. The zero-order valence-corrected chi connectivity index (χ0v) is 17.9. The van der Waals surface area contributed by atoms with Crippen LogP contribution >= 0.6 is 35.8 Å². The number of β-lactam (4-membered cyclic amide) rings is 1. The standard InChI is InChI=1S/C17H17ClN4O5S.ClH/c1-20(2)9-19-13-15(23)21-14(12(18)8-28-16(13)21)17(24)27-7-10-3-5-11(6-4-10)22(25)26;/h3-6,9,13,16H,7-8H2,1-2H3;1H/t13-,16-;/m1./s1. The van der Waals surface area contributed by atoms with Crippen molar-refractivity contribution in [1.29, 1.82) is 0 Å². The third-order valence-corrected chi connectivity index (χ3v) is 5.80. The number of hydrogen-bond donors (Lipinski definition) is 0. The zero-order chi connectivity index (χ0) is 20.4. The number of amides is 1. The van der Waals surface area contributed by atoms with Crippen molar-refractivity contribution in [3.05, 3.63) is 50.7 Å². The summed E-state index contributed by atoms with van der Waals surface area (Å²) in [6.07, 6.45) is 1.56. The Morgan fingerprint density at radius 2 is 2.10 bits per heavy atom. The van der Waals surface area contributed by atoms with E-state index in [-0.39, 0.29) is 46.7 Å². The van der Waals surface area contributed by atoms with Crippen LogP contribution in [0.4, 0.5) is 5.69 Å². The summed E-state index contributed by atoms with van der Waals surface area (Å²) in [6.45, 7) is -0.0907. The highest BCUT2D eigenvalue weighted by Crippen LogP contribution is 2.42. The van der Waals surface area contributed by atoms with Crippen molar-refractivity contribution in [2.75, 3.05) is 19.8 Å². The number of fused-ring (bicyclic) bond motifs is 1. The van der Waals surface area contributed by atoms with Gasteiger partial charge in [-0.15, -0.1) is 24.2 Å². The fourth-order valence-electron chi connectivity index (χ4n) is 2.69. The van der Waals surface area contributed by atoms with E-state index in [9.17, 15) is 19.7 Å². The summed E-state index contributed by atoms with van der Waals surface area (Å²) in [4.78, 5) is 42.5. The van der Waals surface area contributed by atoms with E-state index in [0.717, 1.165) is 0 Å². The summed E-state index contributed by atoms with van der Waals surface area (Å²) in [7, 11) is 3.60. The number of hydrogen-bond acceptors (Lipinski definition) is 7. The van der Waals surface area contributed by atoms with Crippen LogP contribution in [0.25, 0.3) is 0 Å². The highest BCUT2D eigenvalue weighted by Gasteiger charge is 2.53. The average molecular weight is 461 g/mol. The van der Waals surface area contributed by atoms with E-state index in [4.69, 9.17) is 16.3 Å². The Labute approximate surface area is 182 Å². The normalized spacial score (nSPS) is 20.7. The summed E-state index contributed by atoms with van der Waals surface area (Å²) in [6, 6.07) is 5.10. The molecule has 1 saturated heterocycles. The van der Waals surface area contributed by atoms with E-state index < -0.39 is 16.9 Å². The molecule has 2 atom stereocenters. The van der Waals surface area contributed by atoms with E-state index in [1.807, 2.05) is 0 Å². The third-order valence-electron chi connectivity index (χ3n) is 4.06. The number of halogens is 2. The van der Waals surface area contributed by atoms with Crippen molar-refractivity contribution in [3.63, 3.8) is 0 Å². The maximum absolute atomic E-state index is 12.5. The molecule has 156 valence electrons. The van der Waals surface area contributed by atoms with Crippen LogP contribution in [0.5, 0.6) is 0 Å². The van der Waals surface area contributed by atoms with Gasteiger partial charge >= 0.3 is 5.97 Å². The van der Waals surface area contributed by atoms with Crippen LogP contribution in [-0.4, -0.2) is 64.2 Å². The van der Waals surface area contributed by atoms with Gasteiger partial charge in [-0.05, 0) is 17.7 Å². The minimum absolute atomic E-state index is 0. The molecule has 3 rings (SSSR count). The van der Waals surface area contributed by atoms with E-state index in [1.165, 1.54) is 40.9 Å². The number of nitro groups is 1. The van der Waals surface area contributed by atoms with Gasteiger partial charge in [0.05, 0.1) is 16.3 Å². The number of non-ortho nitro benzene ring substituents is 1. The van der Waals surface area contributed by atoms with Crippen molar-refractivity contribution in [1.82, 2.24) is 9.80 Å². The first-order valence-corrected chi connectivity index (χ1v) is 9.65. The van der Waals surface area contributed by atoms with Gasteiger partial charge in [0.2, 0.25) is 0 Å². The highest BCUT2D eigenvalue weighted by molar-refractivity contribution is 8.00. The molecule has 0 aromatic heterocycles. The second kappa shape index (κ2) is 9.47. The molecular formula is C17H18Cl2N4O5S. The summed E-state index contributed by atoms with van der Waals surface area (Å²) in [5.74, 6) is -0.640. The van der Waals surface area contributed by atoms with Gasteiger partial charge in [-0.2, -0.15) is 0 Å². The molecule has 0 aliphatic carbocycles. The van der Waals surface area contributed by atoms with Crippen LogP contribution in [0.2, 0.25) is 0 Å². The zero-order valence-electron chi connectivity index (χ0n) is 15.5. The Bertz CT molecular complexity index is 875. The Morgan fingerprint density at radius 1 is 1.45 bits per heavy atom. The summed E-state index contributed by atoms with van der Waals surface area (Å²) < 4.78 is 5.27. The summed E-state index contributed by atoms with van der Waals surface area (Å²) in [5, 5.41) is 10.6. The largest absolute Gasteiger partial charge is 0.456 e. The Morgan fingerprint density at radius 3 is 2.69 bits per heavy atom. The lowest BCUT2D eigenvalue weighted by Crippen LogP contribution is -2.64. The molecule has 0 spiro atoms. The van der Waals surface area contributed by atoms with Crippen molar-refractivity contribution in [2.24, 2.45) is 4.99 Å². The fraction of sp³-hybridized carbons (Fsp3) is 0.353. The van der Waals surface area contributed by atoms with E-state index in [2.05, 4.69) is 4.99 Å². The van der Waals surface area contributed by atoms with Crippen LogP contribution < -0.4 is 0 Å². The second-order valence-electron chi connectivity index (χ2n) is 6.34. The van der Waals surface area contributed by atoms with Gasteiger partial charge in [0, 0.05) is 32.0 Å². The smallest absolute Gasteiger partial charge is 0.356 e. The van der Waals surface area contributed by atoms with Crippen molar-refractivity contribution in [3.8, 4) is 0 Å². The van der Waals surface area contributed by atoms with Crippen LogP contribution in [-0.2, 0) is 20.9 Å². The molecular weight excluding hydrogens is 443 g/mol. The van der Waals surface area contributed by atoms with Crippen molar-refractivity contribution < 1.29 is 19.2 Å². The Balaban J connectivity index is 0.00000300. The lowest BCUT2D eigenvalue weighted by Gasteiger charge is -2.47. The van der Waals surface area contributed by atoms with E-state index in [1.54, 1.807) is 25.3 Å². The van der Waals surface area contributed by atoms with E-state index >= 15 is 0 Å². The molecule has 12 heteroatoms. The lowest BCUT2D eigenvalue weighted by molar-refractivity contribution is -0.384. The van der Waals surface area contributed by atoms with Gasteiger partial charge in [0.1, 0.15) is 17.7 Å². The van der Waals surface area contributed by atoms with Gasteiger partial charge in [0.15, 0.2) is 6.04 Å². The maximum Gasteiger partial charge on any atom is 0.356 e. The molecule has 0 radical (unpaired) electrons. The number of carbonyl (C=O) groups is 2. The predicted molar refractivity (Wildman–Crippen MR) is 112 cm³/mol. The monoisotopic (exact) mass is 460 g/mol. The molecule has 1 fully saturated rings. The molecule has 1 aromatic carbocycles. The molecule has 9 nitrogen and oxygen atoms in total. The summed E-state index contributed by atoms with van der Waals surface area (Å²) in [5.41, 5.74) is 0.568. The van der Waals surface area contributed by atoms with Crippen LogP contribution in [0.3, 0.4) is 0 Å². The number of ether oxygens (including phenoxy) is 1. The Kier molecular flexibility index (Phi) is 7.50. The molecule has 2 aliphatic heterocycles. The second-order valence-corrected chi connectivity index (χ2v) is 7.90. The molecule has 0 unspecified atom stereocenters. The first-order valence-electron chi connectivity index (χ1n) is 8.23. The van der Waals surface area contributed by atoms with Crippen LogP contribution in [0.1, 0.15) is 5.56 Å². The van der Waals surface area contributed by atoms with Gasteiger partial charge in [-0.25, -0.2) is 4.79 Å². The van der Waals surface area contributed by atoms with Crippen molar-refractivity contribution in [2.45, 2.75) is 18.0 Å². The number of thioether (sulfide) groups is 1. The number of aliphatic imine (C=N–C) groups is 1. The fourth-order valence-corrected chi connectivity index (χ4v) is 4.23. The number of carbonyl (C=O) groups excluding carboxylic acids is 2. The van der Waals surface area contributed by atoms with Gasteiger partial charge in [0.25, 0.3) is 11.6 Å². The third kappa shape index (κ3) is 4.82. The van der Waals surface area contributed by atoms with Gasteiger partial charge in [-0.3, -0.25) is 24.8 Å². The molecule has 0 saturated carbocycles. The molecule has 1 aromatic rings. The number of esters is 1. The molecule has 0 bridgehead atoms.